The maximum Gasteiger partial charge on any atom is 0.234 e. The van der Waals surface area contributed by atoms with Gasteiger partial charge >= 0.3 is 0 Å². The molecule has 22 heavy (non-hydrogen) atoms. The molecule has 0 saturated carbocycles. The number of hydrogen-bond acceptors (Lipinski definition) is 3. The van der Waals surface area contributed by atoms with Crippen LogP contribution < -0.4 is 11.1 Å². The van der Waals surface area contributed by atoms with E-state index in [1.54, 1.807) is 30.8 Å². The minimum atomic E-state index is -0.359. The van der Waals surface area contributed by atoms with Crippen LogP contribution in [0.25, 0.3) is 0 Å². The Hall–Kier alpha value is -1.85. The highest BCUT2D eigenvalue weighted by atomic mass is 32.2. The maximum atomic E-state index is 13.1. The van der Waals surface area contributed by atoms with Crippen molar-refractivity contribution in [1.82, 2.24) is 5.32 Å². The molecule has 0 aliphatic heterocycles. The van der Waals surface area contributed by atoms with Crippen LogP contribution in [0.15, 0.2) is 53.4 Å². The fourth-order valence-electron chi connectivity index (χ4n) is 1.87. The summed E-state index contributed by atoms with van der Waals surface area (Å²) in [6.07, 6.45) is 0. The normalized spacial score (nSPS) is 12.1. The molecule has 0 aliphatic carbocycles. The Balaban J connectivity index is 1.85. The highest BCUT2D eigenvalue weighted by Gasteiger charge is 2.07. The molecule has 0 aromatic heterocycles. The van der Waals surface area contributed by atoms with Crippen LogP contribution in [-0.2, 0) is 17.1 Å². The van der Waals surface area contributed by atoms with Gasteiger partial charge in [0.2, 0.25) is 5.91 Å². The molecule has 2 aromatic carbocycles. The standard InChI is InChI=1S/C17H19FN2OS/c1-12(17(19)21)20-10-13-5-7-16(8-6-13)22-11-14-3-2-4-15(18)9-14/h2-9,12,20H,10-11H2,1H3,(H2,19,21). The van der Waals surface area contributed by atoms with Crippen LogP contribution in [-0.4, -0.2) is 11.9 Å². The molecule has 0 bridgehead atoms. The number of amides is 1. The van der Waals surface area contributed by atoms with Gasteiger partial charge in [-0.05, 0) is 42.3 Å². The third kappa shape index (κ3) is 5.16. The first-order valence-corrected chi connectivity index (χ1v) is 8.02. The van der Waals surface area contributed by atoms with Gasteiger partial charge < -0.3 is 11.1 Å². The Labute approximate surface area is 134 Å². The molecular weight excluding hydrogens is 299 g/mol. The van der Waals surface area contributed by atoms with E-state index in [9.17, 15) is 9.18 Å². The first-order valence-electron chi connectivity index (χ1n) is 7.03. The number of hydrogen-bond donors (Lipinski definition) is 2. The molecule has 3 N–H and O–H groups in total. The molecule has 1 atom stereocenters. The summed E-state index contributed by atoms with van der Waals surface area (Å²) in [5.41, 5.74) is 7.25. The molecule has 1 unspecified atom stereocenters. The van der Waals surface area contributed by atoms with Crippen LogP contribution in [0.1, 0.15) is 18.1 Å². The predicted molar refractivity (Wildman–Crippen MR) is 87.9 cm³/mol. The highest BCUT2D eigenvalue weighted by molar-refractivity contribution is 7.98. The number of primary amides is 1. The maximum absolute atomic E-state index is 13.1. The van der Waals surface area contributed by atoms with Crippen molar-refractivity contribution in [2.24, 2.45) is 5.73 Å². The van der Waals surface area contributed by atoms with Crippen LogP contribution in [0.2, 0.25) is 0 Å². The van der Waals surface area contributed by atoms with Crippen molar-refractivity contribution in [1.29, 1.82) is 0 Å². The van der Waals surface area contributed by atoms with Crippen LogP contribution in [0.3, 0.4) is 0 Å². The number of carbonyl (C=O) groups excluding carboxylic acids is 1. The summed E-state index contributed by atoms with van der Waals surface area (Å²) < 4.78 is 13.1. The van der Waals surface area contributed by atoms with Crippen molar-refractivity contribution in [2.45, 2.75) is 30.2 Å². The van der Waals surface area contributed by atoms with Crippen molar-refractivity contribution >= 4 is 17.7 Å². The topological polar surface area (TPSA) is 55.1 Å². The van der Waals surface area contributed by atoms with Crippen molar-refractivity contribution in [3.05, 3.63) is 65.5 Å². The summed E-state index contributed by atoms with van der Waals surface area (Å²) in [5, 5.41) is 3.06. The Morgan fingerprint density at radius 1 is 1.23 bits per heavy atom. The number of nitrogens with two attached hydrogens (primary N) is 1. The van der Waals surface area contributed by atoms with Gasteiger partial charge in [0.05, 0.1) is 6.04 Å². The van der Waals surface area contributed by atoms with Gasteiger partial charge in [0.25, 0.3) is 0 Å². The van der Waals surface area contributed by atoms with Gasteiger partial charge in [0.15, 0.2) is 0 Å². The van der Waals surface area contributed by atoms with Crippen molar-refractivity contribution < 1.29 is 9.18 Å². The van der Waals surface area contributed by atoms with Gasteiger partial charge in [-0.25, -0.2) is 4.39 Å². The van der Waals surface area contributed by atoms with Gasteiger partial charge in [-0.15, -0.1) is 11.8 Å². The van der Waals surface area contributed by atoms with Gasteiger partial charge in [0, 0.05) is 17.2 Å². The number of halogens is 1. The van der Waals surface area contributed by atoms with Gasteiger partial charge in [0.1, 0.15) is 5.82 Å². The largest absolute Gasteiger partial charge is 0.368 e. The van der Waals surface area contributed by atoms with E-state index < -0.39 is 0 Å². The van der Waals surface area contributed by atoms with E-state index in [2.05, 4.69) is 5.32 Å². The van der Waals surface area contributed by atoms with E-state index in [1.807, 2.05) is 30.3 Å². The monoisotopic (exact) mass is 318 g/mol. The van der Waals surface area contributed by atoms with Crippen LogP contribution in [0.5, 0.6) is 0 Å². The average molecular weight is 318 g/mol. The Morgan fingerprint density at radius 2 is 1.95 bits per heavy atom. The third-order valence-electron chi connectivity index (χ3n) is 3.26. The van der Waals surface area contributed by atoms with E-state index in [0.29, 0.717) is 6.54 Å². The number of rotatable bonds is 7. The minimum absolute atomic E-state index is 0.205. The van der Waals surface area contributed by atoms with E-state index in [-0.39, 0.29) is 17.8 Å². The molecule has 0 heterocycles. The summed E-state index contributed by atoms with van der Waals surface area (Å²) in [6, 6.07) is 14.4. The summed E-state index contributed by atoms with van der Waals surface area (Å²) in [5.74, 6) is 0.166. The molecule has 0 saturated heterocycles. The summed E-state index contributed by atoms with van der Waals surface area (Å²) in [7, 11) is 0. The molecule has 0 fully saturated rings. The Bertz CT molecular complexity index is 631. The molecule has 0 aliphatic rings. The van der Waals surface area contributed by atoms with Crippen molar-refractivity contribution in [2.75, 3.05) is 0 Å². The SMILES string of the molecule is CC(NCc1ccc(SCc2cccc(F)c2)cc1)C(N)=O. The predicted octanol–water partition coefficient (Wildman–Crippen LogP) is 3.08. The summed E-state index contributed by atoms with van der Waals surface area (Å²) in [6.45, 7) is 2.34. The van der Waals surface area contributed by atoms with E-state index >= 15 is 0 Å². The second kappa shape index (κ2) is 7.96. The number of thioether (sulfide) groups is 1. The lowest BCUT2D eigenvalue weighted by Crippen LogP contribution is -2.38. The summed E-state index contributed by atoms with van der Waals surface area (Å²) in [4.78, 5) is 12.1. The fraction of sp³-hybridized carbons (Fsp3) is 0.235. The lowest BCUT2D eigenvalue weighted by molar-refractivity contribution is -0.119. The van der Waals surface area contributed by atoms with E-state index in [1.165, 1.54) is 6.07 Å². The third-order valence-corrected chi connectivity index (χ3v) is 4.34. The fourth-order valence-corrected chi connectivity index (χ4v) is 2.71. The second-order valence-corrected chi connectivity index (χ2v) is 6.12. The van der Waals surface area contributed by atoms with Crippen LogP contribution >= 0.6 is 11.8 Å². The zero-order valence-electron chi connectivity index (χ0n) is 12.4. The van der Waals surface area contributed by atoms with Crippen LogP contribution in [0, 0.1) is 5.82 Å². The number of benzene rings is 2. The minimum Gasteiger partial charge on any atom is -0.368 e. The molecule has 116 valence electrons. The Morgan fingerprint density at radius 3 is 2.59 bits per heavy atom. The summed E-state index contributed by atoms with van der Waals surface area (Å²) >= 11 is 1.66. The lowest BCUT2D eigenvalue weighted by atomic mass is 10.2. The van der Waals surface area contributed by atoms with E-state index in [4.69, 9.17) is 5.73 Å². The van der Waals surface area contributed by atoms with E-state index in [0.717, 1.165) is 21.8 Å². The molecule has 1 amide bonds. The number of carbonyl (C=O) groups is 1. The van der Waals surface area contributed by atoms with Crippen molar-refractivity contribution in [3.63, 3.8) is 0 Å². The molecule has 2 rings (SSSR count). The molecule has 2 aromatic rings. The zero-order chi connectivity index (χ0) is 15.9. The second-order valence-electron chi connectivity index (χ2n) is 5.07. The zero-order valence-corrected chi connectivity index (χ0v) is 13.2. The van der Waals surface area contributed by atoms with Gasteiger partial charge in [-0.1, -0.05) is 24.3 Å². The lowest BCUT2D eigenvalue weighted by Gasteiger charge is -2.10. The first kappa shape index (κ1) is 16.5. The Kier molecular flexibility index (Phi) is 5.98. The molecule has 5 heteroatoms. The number of nitrogens with one attached hydrogen (secondary N) is 1. The molecular formula is C17H19FN2OS. The van der Waals surface area contributed by atoms with Crippen molar-refractivity contribution in [3.8, 4) is 0 Å². The molecule has 0 radical (unpaired) electrons. The smallest absolute Gasteiger partial charge is 0.234 e. The quantitative estimate of drug-likeness (QED) is 0.771. The first-order chi connectivity index (χ1) is 10.5. The average Bonchev–Trinajstić information content (AvgIpc) is 2.51. The molecule has 0 spiro atoms. The van der Waals surface area contributed by atoms with Gasteiger partial charge in [-0.2, -0.15) is 0 Å². The molecule has 3 nitrogen and oxygen atoms in total. The highest BCUT2D eigenvalue weighted by Crippen LogP contribution is 2.23. The van der Waals surface area contributed by atoms with Crippen LogP contribution in [0.4, 0.5) is 4.39 Å². The van der Waals surface area contributed by atoms with Gasteiger partial charge in [-0.3, -0.25) is 4.79 Å².